The Balaban J connectivity index is 1.89. The molecule has 0 aliphatic rings. The van der Waals surface area contributed by atoms with Crippen LogP contribution in [0.25, 0.3) is 22.4 Å². The Morgan fingerprint density at radius 2 is 1.92 bits per heavy atom. The van der Waals surface area contributed by atoms with Crippen molar-refractivity contribution in [2.24, 2.45) is 0 Å². The highest BCUT2D eigenvalue weighted by molar-refractivity contribution is 5.75. The monoisotopic (exact) mass is 339 g/mol. The summed E-state index contributed by atoms with van der Waals surface area (Å²) in [7, 11) is 3.03. The van der Waals surface area contributed by atoms with Gasteiger partial charge in [0.05, 0.1) is 12.8 Å². The van der Waals surface area contributed by atoms with Crippen molar-refractivity contribution >= 4 is 5.91 Å². The number of aromatic nitrogens is 2. The number of amides is 1. The predicted octanol–water partition coefficient (Wildman–Crippen LogP) is 3.11. The second kappa shape index (κ2) is 7.17. The molecule has 3 aromatic rings. The molecule has 6 heteroatoms. The van der Waals surface area contributed by atoms with Crippen molar-refractivity contribution in [3.05, 3.63) is 60.5 Å². The van der Waals surface area contributed by atoms with Crippen LogP contribution in [0.2, 0.25) is 0 Å². The molecule has 0 unspecified atom stereocenters. The Morgan fingerprint density at radius 3 is 2.64 bits per heavy atom. The highest BCUT2D eigenvalue weighted by Crippen LogP contribution is 2.28. The summed E-state index contributed by atoms with van der Waals surface area (Å²) in [5.74, 6) is -0.301. The van der Waals surface area contributed by atoms with Crippen LogP contribution in [0, 0.1) is 5.82 Å². The summed E-state index contributed by atoms with van der Waals surface area (Å²) >= 11 is 0. The first kappa shape index (κ1) is 16.7. The zero-order valence-electron chi connectivity index (χ0n) is 14.0. The van der Waals surface area contributed by atoms with E-state index in [1.165, 1.54) is 13.2 Å². The van der Waals surface area contributed by atoms with E-state index < -0.39 is 5.82 Å². The lowest BCUT2D eigenvalue weighted by Gasteiger charge is -2.07. The Bertz CT molecular complexity index is 905. The topological polar surface area (TPSA) is 56.2 Å². The van der Waals surface area contributed by atoms with Gasteiger partial charge in [0.15, 0.2) is 11.6 Å². The standard InChI is InChI=1S/C19H18FN3O2/c1-21-19(24)12-23-9-8-17(22-23)15-5-3-4-13(10-15)14-6-7-18(25-2)16(20)11-14/h3-11H,12H2,1-2H3,(H,21,24). The van der Waals surface area contributed by atoms with Gasteiger partial charge in [0.1, 0.15) is 6.54 Å². The van der Waals surface area contributed by atoms with E-state index in [2.05, 4.69) is 10.4 Å². The molecule has 0 saturated carbocycles. The summed E-state index contributed by atoms with van der Waals surface area (Å²) < 4.78 is 20.5. The number of hydrogen-bond donors (Lipinski definition) is 1. The van der Waals surface area contributed by atoms with E-state index in [-0.39, 0.29) is 18.2 Å². The molecule has 1 amide bonds. The zero-order chi connectivity index (χ0) is 17.8. The summed E-state index contributed by atoms with van der Waals surface area (Å²) in [5.41, 5.74) is 3.27. The quantitative estimate of drug-likeness (QED) is 0.777. The highest BCUT2D eigenvalue weighted by atomic mass is 19.1. The van der Waals surface area contributed by atoms with Crippen molar-refractivity contribution < 1.29 is 13.9 Å². The number of methoxy groups -OCH3 is 1. The van der Waals surface area contributed by atoms with Gasteiger partial charge in [-0.1, -0.05) is 24.3 Å². The molecule has 1 N–H and O–H groups in total. The van der Waals surface area contributed by atoms with Crippen molar-refractivity contribution in [2.45, 2.75) is 6.54 Å². The molecular weight excluding hydrogens is 321 g/mol. The minimum absolute atomic E-state index is 0.114. The third-order valence-corrected chi connectivity index (χ3v) is 3.87. The van der Waals surface area contributed by atoms with Crippen LogP contribution in [0.5, 0.6) is 5.75 Å². The van der Waals surface area contributed by atoms with E-state index in [1.54, 1.807) is 24.0 Å². The fraction of sp³-hybridized carbons (Fsp3) is 0.158. The Kier molecular flexibility index (Phi) is 4.79. The van der Waals surface area contributed by atoms with Crippen molar-refractivity contribution in [1.29, 1.82) is 0 Å². The van der Waals surface area contributed by atoms with Crippen LogP contribution in [-0.2, 0) is 11.3 Å². The van der Waals surface area contributed by atoms with Crippen LogP contribution in [0.3, 0.4) is 0 Å². The van der Waals surface area contributed by atoms with Crippen molar-refractivity contribution in [2.75, 3.05) is 14.2 Å². The molecule has 1 heterocycles. The van der Waals surface area contributed by atoms with Gasteiger partial charge in [-0.15, -0.1) is 0 Å². The van der Waals surface area contributed by atoms with E-state index in [0.717, 1.165) is 22.4 Å². The number of ether oxygens (including phenoxy) is 1. The predicted molar refractivity (Wildman–Crippen MR) is 93.7 cm³/mol. The lowest BCUT2D eigenvalue weighted by molar-refractivity contribution is -0.121. The number of carbonyl (C=O) groups is 1. The summed E-state index contributed by atoms with van der Waals surface area (Å²) in [6.07, 6.45) is 1.75. The second-order valence-corrected chi connectivity index (χ2v) is 5.50. The van der Waals surface area contributed by atoms with Crippen LogP contribution in [0.15, 0.2) is 54.7 Å². The van der Waals surface area contributed by atoms with Gasteiger partial charge in [-0.25, -0.2) is 4.39 Å². The molecule has 2 aromatic carbocycles. The molecule has 0 aliphatic heterocycles. The van der Waals surface area contributed by atoms with Gasteiger partial charge in [0.2, 0.25) is 5.91 Å². The molecule has 0 atom stereocenters. The van der Waals surface area contributed by atoms with Gasteiger partial charge >= 0.3 is 0 Å². The largest absolute Gasteiger partial charge is 0.494 e. The van der Waals surface area contributed by atoms with Crippen LogP contribution < -0.4 is 10.1 Å². The van der Waals surface area contributed by atoms with Crippen molar-refractivity contribution in [3.63, 3.8) is 0 Å². The van der Waals surface area contributed by atoms with Crippen LogP contribution in [0.4, 0.5) is 4.39 Å². The Morgan fingerprint density at radius 1 is 1.16 bits per heavy atom. The lowest BCUT2D eigenvalue weighted by Crippen LogP contribution is -2.23. The van der Waals surface area contributed by atoms with Gasteiger partial charge < -0.3 is 10.1 Å². The smallest absolute Gasteiger partial charge is 0.241 e. The molecule has 25 heavy (non-hydrogen) atoms. The van der Waals surface area contributed by atoms with Crippen molar-refractivity contribution in [1.82, 2.24) is 15.1 Å². The molecule has 1 aromatic heterocycles. The zero-order valence-corrected chi connectivity index (χ0v) is 14.0. The maximum absolute atomic E-state index is 13.9. The number of likely N-dealkylation sites (N-methyl/N-ethyl adjacent to an activating group) is 1. The molecule has 0 saturated heterocycles. The van der Waals surface area contributed by atoms with Gasteiger partial charge in [0.25, 0.3) is 0 Å². The van der Waals surface area contributed by atoms with E-state index in [9.17, 15) is 9.18 Å². The van der Waals surface area contributed by atoms with Gasteiger partial charge in [-0.2, -0.15) is 5.10 Å². The normalized spacial score (nSPS) is 10.5. The number of nitrogens with one attached hydrogen (secondary N) is 1. The van der Waals surface area contributed by atoms with Crippen molar-refractivity contribution in [3.8, 4) is 28.1 Å². The Hall–Kier alpha value is -3.15. The number of carbonyl (C=O) groups excluding carboxylic acids is 1. The minimum atomic E-state index is -0.403. The SMILES string of the molecule is CNC(=O)Cn1ccc(-c2cccc(-c3ccc(OC)c(F)c3)c2)n1. The summed E-state index contributed by atoms with van der Waals surface area (Å²) in [4.78, 5) is 11.4. The van der Waals surface area contributed by atoms with E-state index in [0.29, 0.717) is 0 Å². The molecular formula is C19H18FN3O2. The summed E-state index contributed by atoms with van der Waals surface area (Å²) in [5, 5.41) is 6.97. The first-order valence-electron chi connectivity index (χ1n) is 7.79. The fourth-order valence-electron chi connectivity index (χ4n) is 2.53. The van der Waals surface area contributed by atoms with Crippen LogP contribution in [0.1, 0.15) is 0 Å². The van der Waals surface area contributed by atoms with Crippen LogP contribution >= 0.6 is 0 Å². The number of hydrogen-bond acceptors (Lipinski definition) is 3. The molecule has 0 spiro atoms. The minimum Gasteiger partial charge on any atom is -0.494 e. The van der Waals surface area contributed by atoms with Crippen LogP contribution in [-0.4, -0.2) is 29.8 Å². The molecule has 0 radical (unpaired) electrons. The first-order valence-corrected chi connectivity index (χ1v) is 7.79. The maximum atomic E-state index is 13.9. The number of nitrogens with zero attached hydrogens (tertiary/aromatic N) is 2. The van der Waals surface area contributed by atoms with E-state index in [4.69, 9.17) is 4.74 Å². The summed E-state index contributed by atoms with van der Waals surface area (Å²) in [6.45, 7) is 0.167. The Labute approximate surface area is 145 Å². The average Bonchev–Trinajstić information content (AvgIpc) is 3.10. The third kappa shape index (κ3) is 3.68. The third-order valence-electron chi connectivity index (χ3n) is 3.87. The van der Waals surface area contributed by atoms with Gasteiger partial charge in [-0.05, 0) is 35.4 Å². The van der Waals surface area contributed by atoms with Gasteiger partial charge in [-0.3, -0.25) is 9.48 Å². The highest BCUT2D eigenvalue weighted by Gasteiger charge is 2.09. The molecule has 0 bridgehead atoms. The lowest BCUT2D eigenvalue weighted by atomic mass is 10.0. The van der Waals surface area contributed by atoms with Gasteiger partial charge in [0, 0.05) is 18.8 Å². The van der Waals surface area contributed by atoms with E-state index in [1.807, 2.05) is 36.4 Å². The summed E-state index contributed by atoms with van der Waals surface area (Å²) in [6, 6.07) is 14.4. The second-order valence-electron chi connectivity index (χ2n) is 5.50. The molecule has 0 aliphatic carbocycles. The molecule has 3 rings (SSSR count). The molecule has 128 valence electrons. The number of rotatable bonds is 5. The molecule has 0 fully saturated rings. The average molecular weight is 339 g/mol. The van der Waals surface area contributed by atoms with E-state index >= 15 is 0 Å². The maximum Gasteiger partial charge on any atom is 0.241 e. The first-order chi connectivity index (χ1) is 12.1. The number of benzene rings is 2. The number of halogens is 1. The molecule has 5 nitrogen and oxygen atoms in total. The fourth-order valence-corrected chi connectivity index (χ4v) is 2.53.